The molecule has 0 spiro atoms. The number of likely N-dealkylation sites (N-methyl/N-ethyl adjacent to an activating group) is 1. The molecule has 5 aliphatic rings. The molecule has 0 radical (unpaired) electrons. The number of nitrogens with two attached hydrogens (primary N) is 1. The van der Waals surface area contributed by atoms with Crippen LogP contribution in [0.15, 0.2) is 141 Å². The van der Waals surface area contributed by atoms with E-state index in [2.05, 4.69) is 94.4 Å². The van der Waals surface area contributed by atoms with Crippen molar-refractivity contribution >= 4 is 161 Å². The van der Waals surface area contributed by atoms with Gasteiger partial charge in [0.1, 0.15) is 83.1 Å². The van der Waals surface area contributed by atoms with Crippen LogP contribution in [0.2, 0.25) is 0 Å². The lowest BCUT2D eigenvalue weighted by Crippen LogP contribution is -2.61. The van der Waals surface area contributed by atoms with Gasteiger partial charge in [-0.2, -0.15) is 0 Å². The molecule has 5 heterocycles. The summed E-state index contributed by atoms with van der Waals surface area (Å²) in [6.07, 6.45) is 9.00. The number of allylic oxidation sites excluding steroid dienone is 3. The summed E-state index contributed by atoms with van der Waals surface area (Å²) in [5.74, 6) is -13.7. The number of phenolic OH excluding ortho intramolecular Hbond substituents is 1. The first-order chi connectivity index (χ1) is 68.4. The molecule has 2 saturated heterocycles. The minimum absolute atomic E-state index is 0.0256. The van der Waals surface area contributed by atoms with Crippen LogP contribution in [0, 0.1) is 29.6 Å². The van der Waals surface area contributed by atoms with E-state index >= 15 is 0 Å². The first kappa shape index (κ1) is 114. The smallest absolute Gasteiger partial charge is 0.336 e. The molecule has 3 unspecified atom stereocenters. The molecule has 3 aromatic carbocycles. The predicted octanol–water partition coefficient (Wildman–Crippen LogP) is 3.46. The maximum atomic E-state index is 14.6. The number of carboxylic acid groups (broad SMARTS) is 2. The number of ketones is 1. The number of hydrogen-bond acceptors (Lipinski definition) is 27. The largest absolute Gasteiger partial charge is 0.508 e. The SMILES string of the molecule is CCC(C)[C@H](NC(=O)[C@H](Cc1cnc[nH]1)NC(=O)[C@@H]1CSSC[C@H](C)C(=O)N2CC(O)C[C@H]2C(=O)N[C@@H](CC2C=C(I)C(O)=CC2)C(=O)N[C@@H](CC(=O)O)C(=O)N[C@@H](CC(C)C)C(=O)N1)C(=O)N[C@@H](CC(C)C)C(C)=O.CNC(=O)[C@H](Cc1ncc[nH]1)NC(=O)[C@H](Cc1ccccc1)NC(=O)CNC(=O)CNC(=O)[C@@H](N)CCCCNC(=O)Nc1ccc(-c2c3ccc(=O)cc-3oc3cc(O)ccc23)c(C(=O)O)c1. The third kappa shape index (κ3) is 34.5. The number of aliphatic hydroxyl groups is 2. The molecule has 2 aromatic heterocycles. The summed E-state index contributed by atoms with van der Waals surface area (Å²) < 4.78 is 6.35. The van der Waals surface area contributed by atoms with Gasteiger partial charge in [-0.1, -0.05) is 119 Å². The lowest BCUT2D eigenvalue weighted by molar-refractivity contribution is -0.142. The molecule has 15 atom stereocenters. The van der Waals surface area contributed by atoms with Gasteiger partial charge in [-0.25, -0.2) is 19.6 Å². The number of amides is 15. The van der Waals surface area contributed by atoms with Gasteiger partial charge in [0.15, 0.2) is 11.2 Å². The van der Waals surface area contributed by atoms with Crippen LogP contribution in [0.5, 0.6) is 5.75 Å². The van der Waals surface area contributed by atoms with E-state index in [1.54, 1.807) is 82.4 Å². The Morgan fingerprint density at radius 2 is 1.35 bits per heavy atom. The number of aromatic nitrogens is 4. The maximum absolute atomic E-state index is 14.6. The number of hydrogen-bond donors (Lipinski definition) is 22. The van der Waals surface area contributed by atoms with E-state index in [1.807, 2.05) is 43.4 Å². The van der Waals surface area contributed by atoms with Gasteiger partial charge in [0.05, 0.1) is 53.2 Å². The number of fused-ring (bicyclic) bond motifs is 3. The van der Waals surface area contributed by atoms with Gasteiger partial charge in [0, 0.05) is 122 Å². The van der Waals surface area contributed by atoms with Crippen LogP contribution in [-0.2, 0) is 91.2 Å². The van der Waals surface area contributed by atoms with Crippen molar-refractivity contribution in [2.24, 2.45) is 35.3 Å². The third-order valence-corrected chi connectivity index (χ3v) is 27.4. The maximum Gasteiger partial charge on any atom is 0.336 e. The number of carboxylic acids is 2. The molecule has 0 saturated carbocycles. The van der Waals surface area contributed by atoms with E-state index in [1.165, 1.54) is 96.9 Å². The molecular weight excluding hydrogens is 2020 g/mol. The van der Waals surface area contributed by atoms with Gasteiger partial charge in [-0.05, 0) is 152 Å². The Hall–Kier alpha value is -13.8. The number of urea groups is 1. The molecular formula is C97H125IN20O24S2. The number of carbonyl (C=O) groups excluding carboxylic acids is 15. The molecule has 44 nitrogen and oxygen atoms in total. The van der Waals surface area contributed by atoms with Crippen LogP contribution >= 0.6 is 44.2 Å². The molecule has 3 aliphatic heterocycles. The minimum atomic E-state index is -1.80. The summed E-state index contributed by atoms with van der Waals surface area (Å²) >= 11 is 1.92. The second-order valence-corrected chi connectivity index (χ2v) is 40.0. The molecule has 2 fully saturated rings. The number of aromatic hydroxyl groups is 1. The van der Waals surface area contributed by atoms with E-state index in [0.29, 0.717) is 57.3 Å². The van der Waals surface area contributed by atoms with Gasteiger partial charge in [0.2, 0.25) is 76.8 Å². The summed E-state index contributed by atoms with van der Waals surface area (Å²) in [7, 11) is 3.71. The summed E-state index contributed by atoms with van der Waals surface area (Å²) in [4.78, 5) is 255. The van der Waals surface area contributed by atoms with Gasteiger partial charge in [-0.15, -0.1) is 0 Å². The number of rotatable bonds is 40. The number of aliphatic carboxylic acids is 1. The van der Waals surface area contributed by atoms with Crippen molar-refractivity contribution in [1.29, 1.82) is 0 Å². The summed E-state index contributed by atoms with van der Waals surface area (Å²) in [6.45, 7) is 12.9. The van der Waals surface area contributed by atoms with Crippen LogP contribution in [-0.4, -0.2) is 268 Å². The van der Waals surface area contributed by atoms with E-state index in [4.69, 9.17) is 10.2 Å². The number of nitrogens with one attached hydrogen (secondary N) is 16. The van der Waals surface area contributed by atoms with Crippen molar-refractivity contribution in [2.45, 2.75) is 211 Å². The number of unbranched alkanes of at least 4 members (excludes halogenated alkanes) is 1. The van der Waals surface area contributed by atoms with Gasteiger partial charge >= 0.3 is 18.0 Å². The Kier molecular flexibility index (Phi) is 43.6. The highest BCUT2D eigenvalue weighted by molar-refractivity contribution is 14.1. The molecule has 15 amide bonds. The molecule has 5 aromatic rings. The van der Waals surface area contributed by atoms with Crippen molar-refractivity contribution < 1.29 is 111 Å². The zero-order valence-corrected chi connectivity index (χ0v) is 84.7. The highest BCUT2D eigenvalue weighted by Gasteiger charge is 2.44. The quantitative estimate of drug-likeness (QED) is 0.0113. The number of phenols is 1. The minimum Gasteiger partial charge on any atom is -0.508 e. The molecule has 47 heteroatoms. The first-order valence-electron chi connectivity index (χ1n) is 47.0. The van der Waals surface area contributed by atoms with E-state index in [0.717, 1.165) is 16.4 Å². The average Bonchev–Trinajstić information content (AvgIpc) is 0.902. The normalized spacial score (nSPS) is 19.5. The van der Waals surface area contributed by atoms with Crippen LogP contribution in [0.3, 0.4) is 0 Å². The fourth-order valence-electron chi connectivity index (χ4n) is 16.1. The van der Waals surface area contributed by atoms with Crippen molar-refractivity contribution in [2.75, 3.05) is 50.0 Å². The standard InChI is InChI=1S/C50H75IN10O13S2.C47H50N10O11/c1-9-26(6)42(49(73)54-33(28(8)62)12-24(2)3)60-46(70)36(16-30-19-52-23-53-30)56-47(71)38-22-76-75-21-27(7)50(74)61-20-31(63)17-39(61)48(72)58-35(15-29-10-11-40(64)32(51)14-29)44(68)57-37(18-41(65)66)45(69)55-34(13-25(4)5)43(67)59-38;1-49-44(63)36(23-39-50-17-18-51-39)57-45(64)35(19-26-7-3-2-4-8-26)56-41(61)25-53-40(60)24-54-43(62)34(48)9-5-6-16-52-47(67)55-27-10-13-30(33(20-27)46(65)66)42-31-14-11-28(58)21-37(31)68-38-22-29(59)12-15-32(38)42/h11,14,19,23-27,29,31,33-39,42,63-64H,9-10,12-13,15-18,20-22H2,1-8H3,(H,52,53)(H,54,73)(H,55,69)(H,56,71)(H,57,68)(H,58,72)(H,59,67)(H,60,70)(H,65,66);2-4,7-8,10-15,17-18,20-22,34-36,58H,5-6,9,16,19,23-25,48H2,1H3,(H,49,63)(H,50,51)(H,53,60)(H,54,62)(H,56,61)(H,57,64)(H,65,66)(H2,52,55,67)/t26?,27-,29?,31?,33-,34-,35-,36-,37-,38-,39-,42-;34-,35-,36-/m00/s1. The number of H-pyrrole nitrogens is 2. The van der Waals surface area contributed by atoms with Crippen LogP contribution in [0.1, 0.15) is 147 Å². The van der Waals surface area contributed by atoms with Crippen molar-refractivity contribution in [3.8, 4) is 28.2 Å². The average molecular weight is 2150 g/mol. The van der Waals surface area contributed by atoms with E-state index < -0.39 is 205 Å². The lowest BCUT2D eigenvalue weighted by atomic mass is 9.90. The molecule has 10 rings (SSSR count). The molecule has 0 bridgehead atoms. The number of benzene rings is 4. The Labute approximate surface area is 850 Å². The summed E-state index contributed by atoms with van der Waals surface area (Å²) in [6, 6.07) is 7.47. The first-order valence-corrected chi connectivity index (χ1v) is 50.6. The van der Waals surface area contributed by atoms with Gasteiger partial charge in [-0.3, -0.25) is 76.7 Å². The second-order valence-electron chi connectivity index (χ2n) is 36.3. The number of imidazole rings is 2. The third-order valence-electron chi connectivity index (χ3n) is 23.9. The Morgan fingerprint density at radius 3 is 2.02 bits per heavy atom. The van der Waals surface area contributed by atoms with E-state index in [-0.39, 0.29) is 139 Å². The molecule has 144 heavy (non-hydrogen) atoms. The van der Waals surface area contributed by atoms with E-state index in [9.17, 15) is 112 Å². The number of carbonyl (C=O) groups is 17. The van der Waals surface area contributed by atoms with Crippen molar-refractivity contribution in [1.82, 2.24) is 94.0 Å². The number of anilines is 1. The fraction of sp³-hybridized carbons (Fsp3) is 0.464. The zero-order chi connectivity index (χ0) is 105. The fourth-order valence-corrected chi connectivity index (χ4v) is 19.3. The monoisotopic (exact) mass is 2140 g/mol. The Morgan fingerprint density at radius 1 is 0.681 bits per heavy atom. The molecule has 2 aliphatic carbocycles. The Balaban J connectivity index is 0.000000323. The highest BCUT2D eigenvalue weighted by atomic mass is 127. The van der Waals surface area contributed by atoms with Crippen LogP contribution in [0.25, 0.3) is 33.4 Å². The second kappa shape index (κ2) is 55.2. The predicted molar refractivity (Wildman–Crippen MR) is 541 cm³/mol. The number of aromatic amines is 2. The summed E-state index contributed by atoms with van der Waals surface area (Å²) in [5, 5.41) is 88.3. The van der Waals surface area contributed by atoms with Crippen molar-refractivity contribution in [3.05, 3.63) is 164 Å². The Bertz CT molecular complexity index is 5830. The number of halogens is 1. The summed E-state index contributed by atoms with van der Waals surface area (Å²) in [5.41, 5.74) is 8.34. The number of aromatic carboxylic acids is 1. The highest BCUT2D eigenvalue weighted by Crippen LogP contribution is 2.43. The van der Waals surface area contributed by atoms with Crippen LogP contribution in [0.4, 0.5) is 10.5 Å². The number of nitrogens with zero attached hydrogens (tertiary/aromatic N) is 3. The zero-order valence-electron chi connectivity index (χ0n) is 80.9. The van der Waals surface area contributed by atoms with Gasteiger partial charge in [0.25, 0.3) is 0 Å². The van der Waals surface area contributed by atoms with Crippen molar-refractivity contribution in [3.63, 3.8) is 0 Å². The molecule has 23 N–H and O–H groups in total. The number of Topliss-reactive ketones (excluding diaryl/α,β-unsaturated/α-hetero) is 1. The van der Waals surface area contributed by atoms with Crippen LogP contribution < -0.4 is 85.6 Å². The van der Waals surface area contributed by atoms with Gasteiger partial charge < -0.3 is 125 Å². The topological polar surface area (TPSA) is 677 Å². The number of aliphatic hydroxyl groups excluding tert-OH is 2. The molecule has 776 valence electrons. The lowest BCUT2D eigenvalue weighted by Gasteiger charge is -2.30.